The van der Waals surface area contributed by atoms with Gasteiger partial charge in [-0.25, -0.2) is 8.42 Å². The molecule has 0 aliphatic heterocycles. The maximum atomic E-state index is 13.8. The van der Waals surface area contributed by atoms with Crippen LogP contribution in [0, 0.1) is 0 Å². The summed E-state index contributed by atoms with van der Waals surface area (Å²) in [7, 11) is -4.18. The molecule has 3 aromatic rings. The van der Waals surface area contributed by atoms with Crippen molar-refractivity contribution >= 4 is 50.7 Å². The van der Waals surface area contributed by atoms with E-state index in [2.05, 4.69) is 5.32 Å². The number of anilines is 1. The van der Waals surface area contributed by atoms with Crippen molar-refractivity contribution in [2.75, 3.05) is 17.4 Å². The molecule has 7 nitrogen and oxygen atoms in total. The maximum absolute atomic E-state index is 13.8. The molecular weight excluding hydrogens is 545 g/mol. The summed E-state index contributed by atoms with van der Waals surface area (Å²) in [5, 5.41) is 3.30. The summed E-state index contributed by atoms with van der Waals surface area (Å²) < 4.78 is 28.5. The van der Waals surface area contributed by atoms with E-state index in [-0.39, 0.29) is 33.1 Å². The number of sulfonamides is 1. The molecule has 0 saturated heterocycles. The van der Waals surface area contributed by atoms with Crippen LogP contribution in [0.2, 0.25) is 10.0 Å². The highest BCUT2D eigenvalue weighted by Crippen LogP contribution is 2.30. The highest BCUT2D eigenvalue weighted by Gasteiger charge is 2.32. The van der Waals surface area contributed by atoms with Crippen molar-refractivity contribution in [1.82, 2.24) is 10.2 Å². The monoisotopic (exact) mass is 575 g/mol. The summed E-state index contributed by atoms with van der Waals surface area (Å²) in [6.07, 6.45) is 1.72. The molecule has 202 valence electrons. The number of amides is 2. The largest absolute Gasteiger partial charge is 0.354 e. The molecule has 3 aromatic carbocycles. The summed E-state index contributed by atoms with van der Waals surface area (Å²) in [6, 6.07) is 20.5. The topological polar surface area (TPSA) is 86.8 Å². The third-order valence-electron chi connectivity index (χ3n) is 5.94. The second-order valence-electron chi connectivity index (χ2n) is 8.78. The van der Waals surface area contributed by atoms with Gasteiger partial charge in [0.1, 0.15) is 12.6 Å². The zero-order chi connectivity index (χ0) is 27.7. The lowest BCUT2D eigenvalue weighted by molar-refractivity contribution is -0.139. The Labute approximate surface area is 234 Å². The second kappa shape index (κ2) is 13.6. The SMILES string of the molecule is CCCCNC(=O)[C@@H](C)N(Cc1ccccc1)C(=O)CN(c1cc(Cl)cc(Cl)c1)S(=O)(=O)c1ccccc1. The van der Waals surface area contributed by atoms with Crippen LogP contribution in [-0.2, 0) is 26.2 Å². The molecule has 1 atom stereocenters. The van der Waals surface area contributed by atoms with Gasteiger partial charge in [0, 0.05) is 23.1 Å². The van der Waals surface area contributed by atoms with Crippen LogP contribution >= 0.6 is 23.2 Å². The van der Waals surface area contributed by atoms with Gasteiger partial charge < -0.3 is 10.2 Å². The normalized spacial score (nSPS) is 12.0. The Balaban J connectivity index is 2.00. The number of halogens is 2. The summed E-state index contributed by atoms with van der Waals surface area (Å²) >= 11 is 12.4. The number of nitrogens with one attached hydrogen (secondary N) is 1. The van der Waals surface area contributed by atoms with E-state index in [4.69, 9.17) is 23.2 Å². The molecule has 0 aliphatic rings. The van der Waals surface area contributed by atoms with Crippen LogP contribution in [0.25, 0.3) is 0 Å². The standard InChI is InChI=1S/C28H31Cl2N3O4S/c1-3-4-15-31-28(35)21(2)32(19-22-11-7-5-8-12-22)27(34)20-33(25-17-23(29)16-24(30)18-25)38(36,37)26-13-9-6-10-14-26/h5-14,16-18,21H,3-4,15,19-20H2,1-2H3,(H,31,35)/t21-/m1/s1. The molecular formula is C28H31Cl2N3O4S. The number of carbonyl (C=O) groups excluding carboxylic acids is 2. The van der Waals surface area contributed by atoms with E-state index in [9.17, 15) is 18.0 Å². The van der Waals surface area contributed by atoms with Crippen LogP contribution in [0.1, 0.15) is 32.3 Å². The second-order valence-corrected chi connectivity index (χ2v) is 11.5. The lowest BCUT2D eigenvalue weighted by Gasteiger charge is -2.32. The highest BCUT2D eigenvalue weighted by molar-refractivity contribution is 7.92. The van der Waals surface area contributed by atoms with Gasteiger partial charge in [-0.2, -0.15) is 0 Å². The lowest BCUT2D eigenvalue weighted by atomic mass is 10.1. The fraction of sp³-hybridized carbons (Fsp3) is 0.286. The van der Waals surface area contributed by atoms with Crippen molar-refractivity contribution in [3.05, 3.63) is 94.5 Å². The van der Waals surface area contributed by atoms with Gasteiger partial charge in [-0.3, -0.25) is 13.9 Å². The van der Waals surface area contributed by atoms with Gasteiger partial charge in [-0.05, 0) is 49.2 Å². The van der Waals surface area contributed by atoms with Gasteiger partial charge in [-0.1, -0.05) is 85.1 Å². The molecule has 0 aromatic heterocycles. The average molecular weight is 577 g/mol. The molecule has 10 heteroatoms. The molecule has 0 fully saturated rings. The van der Waals surface area contributed by atoms with E-state index >= 15 is 0 Å². The van der Waals surface area contributed by atoms with E-state index in [1.807, 2.05) is 37.3 Å². The molecule has 2 amide bonds. The fourth-order valence-electron chi connectivity index (χ4n) is 3.83. The molecule has 1 N–H and O–H groups in total. The Bertz CT molecular complexity index is 1320. The van der Waals surface area contributed by atoms with E-state index < -0.39 is 28.5 Å². The first-order valence-electron chi connectivity index (χ1n) is 12.3. The number of carbonyl (C=O) groups is 2. The zero-order valence-electron chi connectivity index (χ0n) is 21.3. The van der Waals surface area contributed by atoms with Crippen molar-refractivity contribution < 1.29 is 18.0 Å². The van der Waals surface area contributed by atoms with Crippen LogP contribution in [0.15, 0.2) is 83.8 Å². The first-order valence-corrected chi connectivity index (χ1v) is 14.5. The first kappa shape index (κ1) is 29.5. The Morgan fingerprint density at radius 1 is 0.921 bits per heavy atom. The predicted molar refractivity (Wildman–Crippen MR) is 152 cm³/mol. The number of hydrogen-bond acceptors (Lipinski definition) is 4. The van der Waals surface area contributed by atoms with Gasteiger partial charge in [0.15, 0.2) is 0 Å². The maximum Gasteiger partial charge on any atom is 0.264 e. The molecule has 38 heavy (non-hydrogen) atoms. The Hall–Kier alpha value is -3.07. The molecule has 0 radical (unpaired) electrons. The van der Waals surface area contributed by atoms with Crippen LogP contribution in [0.4, 0.5) is 5.69 Å². The minimum atomic E-state index is -4.18. The summed E-state index contributed by atoms with van der Waals surface area (Å²) in [4.78, 5) is 28.2. The molecule has 0 unspecified atom stereocenters. The van der Waals surface area contributed by atoms with Crippen molar-refractivity contribution in [3.8, 4) is 0 Å². The quantitative estimate of drug-likeness (QED) is 0.288. The smallest absolute Gasteiger partial charge is 0.264 e. The Morgan fingerprint density at radius 3 is 2.08 bits per heavy atom. The van der Waals surface area contributed by atoms with Crippen LogP contribution in [0.5, 0.6) is 0 Å². The van der Waals surface area contributed by atoms with Crippen molar-refractivity contribution in [2.24, 2.45) is 0 Å². The number of benzene rings is 3. The highest BCUT2D eigenvalue weighted by atomic mass is 35.5. The Morgan fingerprint density at radius 2 is 1.50 bits per heavy atom. The summed E-state index contributed by atoms with van der Waals surface area (Å²) in [5.41, 5.74) is 0.941. The number of hydrogen-bond donors (Lipinski definition) is 1. The minimum Gasteiger partial charge on any atom is -0.354 e. The molecule has 0 aliphatic carbocycles. The van der Waals surface area contributed by atoms with E-state index in [0.717, 1.165) is 22.7 Å². The number of rotatable bonds is 12. The van der Waals surface area contributed by atoms with Gasteiger partial charge in [0.2, 0.25) is 11.8 Å². The Kier molecular flexibility index (Phi) is 10.6. The van der Waals surface area contributed by atoms with Crippen molar-refractivity contribution in [1.29, 1.82) is 0 Å². The van der Waals surface area contributed by atoms with Crippen LogP contribution < -0.4 is 9.62 Å². The molecule has 3 rings (SSSR count). The number of nitrogens with zero attached hydrogens (tertiary/aromatic N) is 2. The zero-order valence-corrected chi connectivity index (χ0v) is 23.6. The third-order valence-corrected chi connectivity index (χ3v) is 8.16. The number of unbranched alkanes of at least 4 members (excludes halogenated alkanes) is 1. The van der Waals surface area contributed by atoms with Crippen molar-refractivity contribution in [3.63, 3.8) is 0 Å². The molecule has 0 spiro atoms. The van der Waals surface area contributed by atoms with Crippen LogP contribution in [-0.4, -0.2) is 44.3 Å². The molecule has 0 bridgehead atoms. The van der Waals surface area contributed by atoms with E-state index in [1.165, 1.54) is 35.2 Å². The van der Waals surface area contributed by atoms with E-state index in [1.54, 1.807) is 25.1 Å². The van der Waals surface area contributed by atoms with E-state index in [0.29, 0.717) is 6.54 Å². The fourth-order valence-corrected chi connectivity index (χ4v) is 5.76. The summed E-state index contributed by atoms with van der Waals surface area (Å²) in [5.74, 6) is -0.867. The summed E-state index contributed by atoms with van der Waals surface area (Å²) in [6.45, 7) is 3.70. The first-order chi connectivity index (χ1) is 18.1. The van der Waals surface area contributed by atoms with Gasteiger partial charge in [-0.15, -0.1) is 0 Å². The third kappa shape index (κ3) is 7.72. The molecule has 0 heterocycles. The van der Waals surface area contributed by atoms with Crippen molar-refractivity contribution in [2.45, 2.75) is 44.2 Å². The molecule has 0 saturated carbocycles. The van der Waals surface area contributed by atoms with Crippen LogP contribution in [0.3, 0.4) is 0 Å². The lowest BCUT2D eigenvalue weighted by Crippen LogP contribution is -2.51. The van der Waals surface area contributed by atoms with Gasteiger partial charge in [0.25, 0.3) is 10.0 Å². The van der Waals surface area contributed by atoms with Gasteiger partial charge in [0.05, 0.1) is 10.6 Å². The average Bonchev–Trinajstić information content (AvgIpc) is 2.90. The van der Waals surface area contributed by atoms with Gasteiger partial charge >= 0.3 is 0 Å². The minimum absolute atomic E-state index is 0.00358. The predicted octanol–water partition coefficient (Wildman–Crippen LogP) is 5.52.